The molecule has 1 aliphatic heterocycles. The Morgan fingerprint density at radius 2 is 2.42 bits per heavy atom. The predicted molar refractivity (Wildman–Crippen MR) is 38.8 cm³/mol. The number of hydrogen-bond donors (Lipinski definition) is 2. The van der Waals surface area contributed by atoms with Crippen LogP contribution in [0.25, 0.3) is 0 Å². The number of amides is 2. The molecule has 0 aromatic rings. The van der Waals surface area contributed by atoms with E-state index in [1.165, 1.54) is 14.0 Å². The van der Waals surface area contributed by atoms with Crippen molar-refractivity contribution in [3.63, 3.8) is 0 Å². The average molecular weight is 176 g/mol. The van der Waals surface area contributed by atoms with Crippen LogP contribution in [0, 0.1) is 0 Å². The standard InChI is InChI=1S/C6H12N2O4/c1-6(10,11-2)12-8-4-3-7-5(8)9/h10H,3-4H2,1-2H3,(H,7,9). The molecule has 1 saturated heterocycles. The van der Waals surface area contributed by atoms with E-state index in [4.69, 9.17) is 4.84 Å². The normalized spacial score (nSPS) is 22.2. The minimum atomic E-state index is -1.75. The maximum Gasteiger partial charge on any atom is 0.341 e. The van der Waals surface area contributed by atoms with E-state index in [-0.39, 0.29) is 6.03 Å². The minimum Gasteiger partial charge on any atom is -0.342 e. The van der Waals surface area contributed by atoms with Crippen molar-refractivity contribution in [2.24, 2.45) is 0 Å². The molecule has 0 bridgehead atoms. The molecule has 1 aliphatic rings. The molecule has 0 aliphatic carbocycles. The van der Waals surface area contributed by atoms with Gasteiger partial charge < -0.3 is 15.2 Å². The molecule has 0 aromatic carbocycles. The van der Waals surface area contributed by atoms with Gasteiger partial charge in [0.15, 0.2) is 0 Å². The van der Waals surface area contributed by atoms with Gasteiger partial charge in [0.05, 0.1) is 6.54 Å². The van der Waals surface area contributed by atoms with Crippen molar-refractivity contribution >= 4 is 6.03 Å². The zero-order chi connectivity index (χ0) is 9.19. The Kier molecular flexibility index (Phi) is 2.51. The fourth-order valence-corrected chi connectivity index (χ4v) is 0.783. The minimum absolute atomic E-state index is 0.368. The molecule has 2 N–H and O–H groups in total. The van der Waals surface area contributed by atoms with Crippen LogP contribution in [0.2, 0.25) is 0 Å². The van der Waals surface area contributed by atoms with Gasteiger partial charge >= 0.3 is 6.03 Å². The van der Waals surface area contributed by atoms with Gasteiger partial charge in [-0.25, -0.2) is 9.63 Å². The van der Waals surface area contributed by atoms with Gasteiger partial charge in [-0.15, -0.1) is 0 Å². The van der Waals surface area contributed by atoms with Crippen molar-refractivity contribution in [1.82, 2.24) is 10.4 Å². The fraction of sp³-hybridized carbons (Fsp3) is 0.833. The lowest BCUT2D eigenvalue weighted by Crippen LogP contribution is -2.41. The van der Waals surface area contributed by atoms with Crippen molar-refractivity contribution in [3.8, 4) is 0 Å². The highest BCUT2D eigenvalue weighted by Gasteiger charge is 2.30. The molecule has 70 valence electrons. The van der Waals surface area contributed by atoms with Crippen LogP contribution in [0.1, 0.15) is 6.92 Å². The Hall–Kier alpha value is -0.850. The average Bonchev–Trinajstić information content (AvgIpc) is 2.36. The summed E-state index contributed by atoms with van der Waals surface area (Å²) in [6.45, 7) is 2.22. The van der Waals surface area contributed by atoms with Crippen molar-refractivity contribution in [2.75, 3.05) is 20.2 Å². The van der Waals surface area contributed by atoms with Crippen LogP contribution in [-0.4, -0.2) is 42.4 Å². The molecule has 6 heteroatoms. The lowest BCUT2D eigenvalue weighted by atomic mass is 10.6. The summed E-state index contributed by atoms with van der Waals surface area (Å²) in [5.41, 5.74) is 0. The van der Waals surface area contributed by atoms with Gasteiger partial charge in [0, 0.05) is 20.6 Å². The van der Waals surface area contributed by atoms with E-state index in [2.05, 4.69) is 10.1 Å². The van der Waals surface area contributed by atoms with Gasteiger partial charge in [0.1, 0.15) is 0 Å². The van der Waals surface area contributed by atoms with Gasteiger partial charge in [-0.3, -0.25) is 0 Å². The van der Waals surface area contributed by atoms with Crippen molar-refractivity contribution in [1.29, 1.82) is 0 Å². The summed E-state index contributed by atoms with van der Waals surface area (Å²) in [5, 5.41) is 12.8. The zero-order valence-corrected chi connectivity index (χ0v) is 7.03. The zero-order valence-electron chi connectivity index (χ0n) is 7.03. The topological polar surface area (TPSA) is 71.0 Å². The number of ether oxygens (including phenoxy) is 1. The number of urea groups is 1. The summed E-state index contributed by atoms with van der Waals surface area (Å²) >= 11 is 0. The van der Waals surface area contributed by atoms with E-state index in [0.717, 1.165) is 5.06 Å². The molecule has 1 fully saturated rings. The lowest BCUT2D eigenvalue weighted by Gasteiger charge is -2.25. The van der Waals surface area contributed by atoms with Gasteiger partial charge in [-0.2, -0.15) is 5.06 Å². The monoisotopic (exact) mass is 176 g/mol. The SMILES string of the molecule is COC(C)(O)ON1CCNC1=O. The molecule has 1 atom stereocenters. The number of nitrogens with zero attached hydrogens (tertiary/aromatic N) is 1. The van der Waals surface area contributed by atoms with Crippen molar-refractivity contribution in [2.45, 2.75) is 12.9 Å². The highest BCUT2D eigenvalue weighted by molar-refractivity contribution is 5.74. The summed E-state index contributed by atoms with van der Waals surface area (Å²) in [6.07, 6.45) is 0. The number of methoxy groups -OCH3 is 1. The third kappa shape index (κ3) is 2.07. The molecular weight excluding hydrogens is 164 g/mol. The van der Waals surface area contributed by atoms with Crippen LogP contribution < -0.4 is 5.32 Å². The summed E-state index contributed by atoms with van der Waals surface area (Å²) in [6, 6.07) is -0.368. The Balaban J connectivity index is 2.45. The first-order valence-corrected chi connectivity index (χ1v) is 3.57. The van der Waals surface area contributed by atoms with Gasteiger partial charge in [0.2, 0.25) is 0 Å². The molecule has 0 saturated carbocycles. The van der Waals surface area contributed by atoms with Gasteiger partial charge in [-0.1, -0.05) is 0 Å². The quantitative estimate of drug-likeness (QED) is 0.555. The molecule has 6 nitrogen and oxygen atoms in total. The maximum absolute atomic E-state index is 10.9. The second kappa shape index (κ2) is 3.26. The summed E-state index contributed by atoms with van der Waals surface area (Å²) in [5.74, 6) is -1.75. The van der Waals surface area contributed by atoms with Gasteiger partial charge in [0.25, 0.3) is 5.97 Å². The van der Waals surface area contributed by atoms with Gasteiger partial charge in [-0.05, 0) is 0 Å². The molecule has 1 rings (SSSR count). The number of hydroxylamine groups is 2. The predicted octanol–water partition coefficient (Wildman–Crippen LogP) is -0.744. The smallest absolute Gasteiger partial charge is 0.341 e. The second-order valence-electron chi connectivity index (χ2n) is 2.53. The number of carbonyl (C=O) groups is 1. The van der Waals surface area contributed by atoms with E-state index in [1.807, 2.05) is 0 Å². The van der Waals surface area contributed by atoms with Crippen molar-refractivity contribution in [3.05, 3.63) is 0 Å². The number of carbonyl (C=O) groups excluding carboxylic acids is 1. The van der Waals surface area contributed by atoms with E-state index in [9.17, 15) is 9.90 Å². The van der Waals surface area contributed by atoms with Crippen LogP contribution in [0.3, 0.4) is 0 Å². The number of hydrogen-bond acceptors (Lipinski definition) is 4. The first-order chi connectivity index (χ1) is 5.55. The van der Waals surface area contributed by atoms with E-state index >= 15 is 0 Å². The Morgan fingerprint density at radius 1 is 1.75 bits per heavy atom. The summed E-state index contributed by atoms with van der Waals surface area (Å²) in [7, 11) is 1.29. The largest absolute Gasteiger partial charge is 0.342 e. The fourth-order valence-electron chi connectivity index (χ4n) is 0.783. The molecule has 12 heavy (non-hydrogen) atoms. The number of rotatable bonds is 3. The van der Waals surface area contributed by atoms with E-state index in [1.54, 1.807) is 0 Å². The first-order valence-electron chi connectivity index (χ1n) is 3.57. The Morgan fingerprint density at radius 3 is 2.83 bits per heavy atom. The summed E-state index contributed by atoms with van der Waals surface area (Å²) < 4.78 is 4.56. The van der Waals surface area contributed by atoms with Crippen LogP contribution in [0.4, 0.5) is 4.79 Å². The Bertz CT molecular complexity index is 182. The molecule has 1 heterocycles. The van der Waals surface area contributed by atoms with Crippen LogP contribution in [0.5, 0.6) is 0 Å². The highest BCUT2D eigenvalue weighted by Crippen LogP contribution is 2.10. The second-order valence-corrected chi connectivity index (χ2v) is 2.53. The summed E-state index contributed by atoms with van der Waals surface area (Å²) in [4.78, 5) is 15.7. The molecular formula is C6H12N2O4. The first kappa shape index (κ1) is 9.24. The molecule has 0 aromatic heterocycles. The maximum atomic E-state index is 10.9. The molecule has 1 unspecified atom stereocenters. The molecule has 0 radical (unpaired) electrons. The third-order valence-electron chi connectivity index (χ3n) is 1.48. The lowest BCUT2D eigenvalue weighted by molar-refractivity contribution is -0.402. The third-order valence-corrected chi connectivity index (χ3v) is 1.48. The number of aliphatic hydroxyl groups is 1. The highest BCUT2D eigenvalue weighted by atomic mass is 16.9. The Labute approximate surface area is 70.0 Å². The molecule has 2 amide bonds. The number of nitrogens with one attached hydrogen (secondary N) is 1. The van der Waals surface area contributed by atoms with Crippen LogP contribution >= 0.6 is 0 Å². The van der Waals surface area contributed by atoms with Crippen LogP contribution in [-0.2, 0) is 9.57 Å². The van der Waals surface area contributed by atoms with E-state index < -0.39 is 5.97 Å². The van der Waals surface area contributed by atoms with Crippen LogP contribution in [0.15, 0.2) is 0 Å². The molecule has 0 spiro atoms. The van der Waals surface area contributed by atoms with E-state index in [0.29, 0.717) is 13.1 Å². The van der Waals surface area contributed by atoms with Crippen molar-refractivity contribution < 1.29 is 19.5 Å².